The largest absolute Gasteiger partial charge is 0.416 e. The molecule has 114 valence electrons. The lowest BCUT2D eigenvalue weighted by molar-refractivity contribution is -0.137. The first-order valence-electron chi connectivity index (χ1n) is 6.40. The molecule has 0 atom stereocenters. The molecule has 0 aliphatic carbocycles. The zero-order valence-electron chi connectivity index (χ0n) is 11.4. The number of rotatable bonds is 1. The van der Waals surface area contributed by atoms with Gasteiger partial charge in [0.1, 0.15) is 0 Å². The van der Waals surface area contributed by atoms with E-state index in [0.717, 1.165) is 54.2 Å². The van der Waals surface area contributed by atoms with E-state index in [4.69, 9.17) is 0 Å². The van der Waals surface area contributed by atoms with Crippen LogP contribution in [-0.2, 0) is 26.2 Å². The number of benzene rings is 1. The number of halogens is 4. The lowest BCUT2D eigenvalue weighted by Gasteiger charge is -2.14. The van der Waals surface area contributed by atoms with E-state index in [2.05, 4.69) is 10.4 Å². The van der Waals surface area contributed by atoms with Crippen LogP contribution in [0.5, 0.6) is 0 Å². The normalized spacial score (nSPS) is 14.5. The fourth-order valence-electron chi connectivity index (χ4n) is 2.56. The molecule has 0 saturated heterocycles. The van der Waals surface area contributed by atoms with E-state index >= 15 is 0 Å². The third-order valence-electron chi connectivity index (χ3n) is 3.60. The fourth-order valence-corrected chi connectivity index (χ4v) is 2.56. The Balaban J connectivity index is 0.00000161. The Labute approximate surface area is 126 Å². The molecule has 1 aromatic carbocycles. The molecule has 0 fully saturated rings. The lowest BCUT2D eigenvalue weighted by Crippen LogP contribution is -2.24. The van der Waals surface area contributed by atoms with Crippen LogP contribution in [0.15, 0.2) is 24.3 Å². The highest BCUT2D eigenvalue weighted by Gasteiger charge is 2.30. The molecular formula is C14H15ClF3N3. The second kappa shape index (κ2) is 5.69. The summed E-state index contributed by atoms with van der Waals surface area (Å²) in [6.07, 6.45) is -3.45. The van der Waals surface area contributed by atoms with Gasteiger partial charge in [-0.05, 0) is 25.1 Å². The third-order valence-corrected chi connectivity index (χ3v) is 3.60. The first kappa shape index (κ1) is 15.9. The van der Waals surface area contributed by atoms with E-state index in [1.165, 1.54) is 12.1 Å². The van der Waals surface area contributed by atoms with E-state index in [0.29, 0.717) is 0 Å². The molecule has 0 bridgehead atoms. The fraction of sp³-hybridized carbons (Fsp3) is 0.357. The van der Waals surface area contributed by atoms with Crippen molar-refractivity contribution >= 4 is 12.4 Å². The topological polar surface area (TPSA) is 29.9 Å². The lowest BCUT2D eigenvalue weighted by atomic mass is 10.00. The Hall–Kier alpha value is -1.53. The first-order chi connectivity index (χ1) is 9.47. The highest BCUT2D eigenvalue weighted by Crippen LogP contribution is 2.32. The molecular weight excluding hydrogens is 303 g/mol. The number of nitrogens with one attached hydrogen (secondary N) is 1. The number of aryl methyl sites for hydroxylation is 1. The smallest absolute Gasteiger partial charge is 0.311 e. The molecule has 0 spiro atoms. The molecule has 0 radical (unpaired) electrons. The van der Waals surface area contributed by atoms with Crippen LogP contribution in [-0.4, -0.2) is 16.3 Å². The van der Waals surface area contributed by atoms with Crippen LogP contribution in [0.3, 0.4) is 0 Å². The number of nitrogens with zero attached hydrogens (tertiary/aromatic N) is 2. The Bertz CT molecular complexity index is 632. The molecule has 1 aromatic heterocycles. The second-order valence-electron chi connectivity index (χ2n) is 4.90. The van der Waals surface area contributed by atoms with Gasteiger partial charge in [-0.3, -0.25) is 4.68 Å². The van der Waals surface area contributed by atoms with Crippen molar-refractivity contribution in [3.63, 3.8) is 0 Å². The SMILES string of the molecule is Cl.Cn1nc(-c2ccc(C(F)(F)F)cc2)c2c1CNCC2. The summed E-state index contributed by atoms with van der Waals surface area (Å²) in [4.78, 5) is 0. The van der Waals surface area contributed by atoms with Gasteiger partial charge in [0.25, 0.3) is 0 Å². The molecule has 2 heterocycles. The molecule has 3 nitrogen and oxygen atoms in total. The molecule has 7 heteroatoms. The van der Waals surface area contributed by atoms with Crippen LogP contribution in [0.4, 0.5) is 13.2 Å². The van der Waals surface area contributed by atoms with Gasteiger partial charge in [0.2, 0.25) is 0 Å². The van der Waals surface area contributed by atoms with Crippen molar-refractivity contribution in [1.82, 2.24) is 15.1 Å². The van der Waals surface area contributed by atoms with Gasteiger partial charge < -0.3 is 5.32 Å². The molecule has 1 N–H and O–H groups in total. The maximum atomic E-state index is 12.6. The highest BCUT2D eigenvalue weighted by atomic mass is 35.5. The van der Waals surface area contributed by atoms with Gasteiger partial charge >= 0.3 is 6.18 Å². The minimum Gasteiger partial charge on any atom is -0.311 e. The van der Waals surface area contributed by atoms with E-state index in [-0.39, 0.29) is 12.4 Å². The summed E-state index contributed by atoms with van der Waals surface area (Å²) in [6.45, 7) is 1.62. The van der Waals surface area contributed by atoms with E-state index in [1.807, 2.05) is 7.05 Å². The predicted octanol–water partition coefficient (Wildman–Crippen LogP) is 3.17. The van der Waals surface area contributed by atoms with Crippen molar-refractivity contribution < 1.29 is 13.2 Å². The summed E-state index contributed by atoms with van der Waals surface area (Å²) < 4.78 is 39.5. The number of fused-ring (bicyclic) bond motifs is 1. The van der Waals surface area contributed by atoms with Crippen LogP contribution in [0, 0.1) is 0 Å². The van der Waals surface area contributed by atoms with Crippen LogP contribution in [0.2, 0.25) is 0 Å². The molecule has 0 saturated carbocycles. The molecule has 1 aliphatic rings. The van der Waals surface area contributed by atoms with Crippen molar-refractivity contribution in [3.8, 4) is 11.3 Å². The molecule has 1 aliphatic heterocycles. The number of hydrogen-bond acceptors (Lipinski definition) is 2. The predicted molar refractivity (Wildman–Crippen MR) is 76.3 cm³/mol. The van der Waals surface area contributed by atoms with Gasteiger partial charge in [-0.1, -0.05) is 12.1 Å². The summed E-state index contributed by atoms with van der Waals surface area (Å²) in [6, 6.07) is 5.20. The van der Waals surface area contributed by atoms with E-state index in [9.17, 15) is 13.2 Å². The quantitative estimate of drug-likeness (QED) is 0.875. The maximum Gasteiger partial charge on any atom is 0.416 e. The molecule has 21 heavy (non-hydrogen) atoms. The second-order valence-corrected chi connectivity index (χ2v) is 4.90. The summed E-state index contributed by atoms with van der Waals surface area (Å²) in [5, 5.41) is 7.72. The van der Waals surface area contributed by atoms with Gasteiger partial charge in [-0.15, -0.1) is 12.4 Å². The van der Waals surface area contributed by atoms with Crippen LogP contribution in [0.1, 0.15) is 16.8 Å². The van der Waals surface area contributed by atoms with Gasteiger partial charge in [0.05, 0.1) is 17.0 Å². The average molecular weight is 318 g/mol. The van der Waals surface area contributed by atoms with Gasteiger partial charge in [0.15, 0.2) is 0 Å². The Kier molecular flexibility index (Phi) is 4.30. The molecule has 0 amide bonds. The summed E-state index contributed by atoms with van der Waals surface area (Å²) in [5.74, 6) is 0. The minimum atomic E-state index is -4.30. The monoisotopic (exact) mass is 317 g/mol. The standard InChI is InChI=1S/C14H14F3N3.ClH/c1-20-12-8-18-7-6-11(12)13(19-20)9-2-4-10(5-3-9)14(15,16)17;/h2-5,18H,6-8H2,1H3;1H. The Morgan fingerprint density at radius 1 is 1.19 bits per heavy atom. The first-order valence-corrected chi connectivity index (χ1v) is 6.40. The maximum absolute atomic E-state index is 12.6. The zero-order chi connectivity index (χ0) is 14.3. The van der Waals surface area contributed by atoms with Crippen molar-refractivity contribution in [2.45, 2.75) is 19.1 Å². The zero-order valence-corrected chi connectivity index (χ0v) is 12.2. The molecule has 2 aromatic rings. The van der Waals surface area contributed by atoms with E-state index < -0.39 is 11.7 Å². The highest BCUT2D eigenvalue weighted by molar-refractivity contribution is 5.85. The Morgan fingerprint density at radius 2 is 1.86 bits per heavy atom. The van der Waals surface area contributed by atoms with Crippen molar-refractivity contribution in [2.24, 2.45) is 7.05 Å². The molecule has 3 rings (SSSR count). The van der Waals surface area contributed by atoms with Crippen LogP contribution >= 0.6 is 12.4 Å². The van der Waals surface area contributed by atoms with Gasteiger partial charge in [0, 0.05) is 24.7 Å². The van der Waals surface area contributed by atoms with E-state index in [1.54, 1.807) is 4.68 Å². The van der Waals surface area contributed by atoms with Crippen LogP contribution in [0.25, 0.3) is 11.3 Å². The summed E-state index contributed by atoms with van der Waals surface area (Å²) >= 11 is 0. The average Bonchev–Trinajstić information content (AvgIpc) is 2.76. The number of hydrogen-bond donors (Lipinski definition) is 1. The summed E-state index contributed by atoms with van der Waals surface area (Å²) in [5.41, 5.74) is 3.12. The van der Waals surface area contributed by atoms with Crippen LogP contribution < -0.4 is 5.32 Å². The van der Waals surface area contributed by atoms with Crippen molar-refractivity contribution in [2.75, 3.05) is 6.54 Å². The number of aromatic nitrogens is 2. The number of alkyl halides is 3. The van der Waals surface area contributed by atoms with Gasteiger partial charge in [-0.2, -0.15) is 18.3 Å². The Morgan fingerprint density at radius 3 is 2.48 bits per heavy atom. The third kappa shape index (κ3) is 2.91. The molecule has 0 unspecified atom stereocenters. The van der Waals surface area contributed by atoms with Crippen molar-refractivity contribution in [3.05, 3.63) is 41.1 Å². The summed E-state index contributed by atoms with van der Waals surface area (Å²) in [7, 11) is 1.86. The van der Waals surface area contributed by atoms with Gasteiger partial charge in [-0.25, -0.2) is 0 Å². The minimum absolute atomic E-state index is 0. The van der Waals surface area contributed by atoms with Crippen molar-refractivity contribution in [1.29, 1.82) is 0 Å².